The third kappa shape index (κ3) is 17.1. The fourth-order valence-electron chi connectivity index (χ4n) is 2.73. The monoisotopic (exact) mass is 440 g/mol. The Hall–Kier alpha value is -0.340. The summed E-state index contributed by atoms with van der Waals surface area (Å²) in [5, 5.41) is 19.2. The Labute approximate surface area is 177 Å². The number of carboxylic acids is 1. The molecule has 0 aliphatic heterocycles. The lowest BCUT2D eigenvalue weighted by Crippen LogP contribution is -2.52. The van der Waals surface area contributed by atoms with E-state index in [2.05, 4.69) is 6.92 Å². The number of ether oxygens (including phenoxy) is 1. The molecule has 0 saturated heterocycles. The largest absolute Gasteiger partial charge is 0.481 e. The second-order valence-corrected chi connectivity index (χ2v) is 9.23. The average Bonchev–Trinajstić information content (AvgIpc) is 2.63. The predicted molar refractivity (Wildman–Crippen MR) is 114 cm³/mol. The van der Waals surface area contributed by atoms with Gasteiger partial charge in [-0.2, -0.15) is 0 Å². The quantitative estimate of drug-likeness (QED) is 0.115. The van der Waals surface area contributed by atoms with Crippen LogP contribution in [0.1, 0.15) is 71.1 Å². The Bertz CT molecular complexity index is 407. The Balaban J connectivity index is 3.76. The van der Waals surface area contributed by atoms with E-state index >= 15 is 0 Å². The molecule has 3 atom stereocenters. The third-order valence-corrected chi connectivity index (χ3v) is 5.36. The van der Waals surface area contributed by atoms with Gasteiger partial charge in [0.15, 0.2) is 6.10 Å². The van der Waals surface area contributed by atoms with Gasteiger partial charge in [0.2, 0.25) is 6.23 Å². The fraction of sp³-hybridized carbons (Fsp3) is 0.950. The first-order valence-electron chi connectivity index (χ1n) is 10.8. The van der Waals surface area contributed by atoms with Gasteiger partial charge in [-0.05, 0) is 19.3 Å². The summed E-state index contributed by atoms with van der Waals surface area (Å²) in [6, 6.07) is 0. The highest BCUT2D eigenvalue weighted by atomic mass is 31.2. The van der Waals surface area contributed by atoms with Crippen LogP contribution in [-0.2, 0) is 18.6 Å². The van der Waals surface area contributed by atoms with E-state index < -0.39 is 33.3 Å². The van der Waals surface area contributed by atoms with Crippen molar-refractivity contribution in [1.82, 2.24) is 0 Å². The summed E-state index contributed by atoms with van der Waals surface area (Å²) in [4.78, 5) is 20.9. The van der Waals surface area contributed by atoms with Crippen molar-refractivity contribution in [3.8, 4) is 0 Å². The maximum atomic E-state index is 11.0. The van der Waals surface area contributed by atoms with Gasteiger partial charge in [-0.15, -0.1) is 0 Å². The van der Waals surface area contributed by atoms with E-state index in [9.17, 15) is 14.8 Å². The fourth-order valence-corrected chi connectivity index (χ4v) is 3.49. The minimum Gasteiger partial charge on any atom is -0.481 e. The zero-order valence-electron chi connectivity index (χ0n) is 18.7. The summed E-state index contributed by atoms with van der Waals surface area (Å²) in [6.45, 7) is 4.25. The lowest BCUT2D eigenvalue weighted by Gasteiger charge is -2.34. The second kappa shape index (κ2) is 17.4. The number of aliphatic hydroxyl groups excluding tert-OH is 1. The number of carbonyl (C=O) groups is 1. The number of hydrogen-bond acceptors (Lipinski definition) is 6. The first kappa shape index (κ1) is 28.7. The molecule has 0 fully saturated rings. The highest BCUT2D eigenvalue weighted by Crippen LogP contribution is 2.37. The van der Waals surface area contributed by atoms with Gasteiger partial charge in [0.1, 0.15) is 0 Å². The Morgan fingerprint density at radius 1 is 0.931 bits per heavy atom. The molecule has 0 amide bonds. The molecule has 0 bridgehead atoms. The van der Waals surface area contributed by atoms with Crippen LogP contribution in [0, 0.1) is 0 Å². The highest BCUT2D eigenvalue weighted by Gasteiger charge is 2.35. The lowest BCUT2D eigenvalue weighted by molar-refractivity contribution is -0.922. The third-order valence-electron chi connectivity index (χ3n) is 4.50. The number of aliphatic carboxylic acids is 1. The van der Waals surface area contributed by atoms with Gasteiger partial charge in [-0.1, -0.05) is 45.4 Å². The maximum absolute atomic E-state index is 11.0. The number of carboxylic acid groups (broad SMARTS) is 1. The van der Waals surface area contributed by atoms with Crippen molar-refractivity contribution in [2.24, 2.45) is 0 Å². The molecular formula is C20H43NO7P+. The molecule has 0 aromatic rings. The van der Waals surface area contributed by atoms with Crippen LogP contribution in [-0.4, -0.2) is 78.9 Å². The van der Waals surface area contributed by atoms with Gasteiger partial charge in [0, 0.05) is 13.2 Å². The molecule has 174 valence electrons. The van der Waals surface area contributed by atoms with Gasteiger partial charge in [-0.25, -0.2) is 0 Å². The molecule has 0 aliphatic carbocycles. The van der Waals surface area contributed by atoms with E-state index in [1.807, 2.05) is 0 Å². The van der Waals surface area contributed by atoms with Crippen LogP contribution in [0.15, 0.2) is 0 Å². The minimum absolute atomic E-state index is 0.102. The number of aliphatic hydroxyl groups is 1. The predicted octanol–water partition coefficient (Wildman–Crippen LogP) is 3.65. The van der Waals surface area contributed by atoms with Crippen molar-refractivity contribution < 1.29 is 38.2 Å². The number of quaternary nitrogens is 1. The maximum Gasteiger partial charge on any atom is 0.330 e. The first-order chi connectivity index (χ1) is 13.7. The lowest BCUT2D eigenvalue weighted by atomic mass is 10.1. The van der Waals surface area contributed by atoms with Crippen molar-refractivity contribution in [2.45, 2.75) is 83.5 Å². The summed E-state index contributed by atoms with van der Waals surface area (Å²) < 4.78 is 16.3. The second-order valence-electron chi connectivity index (χ2n) is 8.28. The summed E-state index contributed by atoms with van der Waals surface area (Å²) in [5.74, 6) is -1.10. The van der Waals surface area contributed by atoms with Crippen molar-refractivity contribution >= 4 is 14.6 Å². The summed E-state index contributed by atoms with van der Waals surface area (Å²) in [6.07, 6.45) is 7.40. The molecule has 0 aromatic carbocycles. The van der Waals surface area contributed by atoms with Gasteiger partial charge < -0.3 is 28.9 Å². The SMILES string of the molecule is CCCCCOCCCCCCCCOP(O)OC(CC(=O)O)C(O)[N+](C)(C)C. The zero-order chi connectivity index (χ0) is 22.1. The van der Waals surface area contributed by atoms with Crippen molar-refractivity contribution in [3.05, 3.63) is 0 Å². The van der Waals surface area contributed by atoms with Gasteiger partial charge >= 0.3 is 14.6 Å². The Morgan fingerprint density at radius 2 is 1.45 bits per heavy atom. The van der Waals surface area contributed by atoms with E-state index in [0.29, 0.717) is 6.61 Å². The van der Waals surface area contributed by atoms with Crippen molar-refractivity contribution in [2.75, 3.05) is 41.0 Å². The van der Waals surface area contributed by atoms with Crippen molar-refractivity contribution in [1.29, 1.82) is 0 Å². The number of unbranched alkanes of at least 4 members (excludes halogenated alkanes) is 7. The summed E-state index contributed by atoms with van der Waals surface area (Å²) >= 11 is 0. The van der Waals surface area contributed by atoms with E-state index in [1.54, 1.807) is 21.1 Å². The molecule has 0 spiro atoms. The van der Waals surface area contributed by atoms with Crippen LogP contribution in [0.4, 0.5) is 0 Å². The number of nitrogens with zero attached hydrogens (tertiary/aromatic N) is 1. The Morgan fingerprint density at radius 3 is 1.97 bits per heavy atom. The molecule has 0 radical (unpaired) electrons. The topological polar surface area (TPSA) is 105 Å². The first-order valence-corrected chi connectivity index (χ1v) is 11.9. The normalized spacial score (nSPS) is 15.2. The number of rotatable bonds is 20. The molecule has 0 rings (SSSR count). The molecule has 8 nitrogen and oxygen atoms in total. The van der Waals surface area contributed by atoms with Crippen LogP contribution >= 0.6 is 8.60 Å². The van der Waals surface area contributed by atoms with Crippen LogP contribution in [0.2, 0.25) is 0 Å². The Kier molecular flexibility index (Phi) is 17.1. The summed E-state index contributed by atoms with van der Waals surface area (Å²) in [5.41, 5.74) is 0. The van der Waals surface area contributed by atoms with E-state index in [4.69, 9.17) is 18.9 Å². The van der Waals surface area contributed by atoms with Crippen LogP contribution < -0.4 is 0 Å². The molecule has 0 heterocycles. The molecule has 3 unspecified atom stereocenters. The summed E-state index contributed by atoms with van der Waals surface area (Å²) in [7, 11) is 2.95. The molecule has 29 heavy (non-hydrogen) atoms. The van der Waals surface area contributed by atoms with Gasteiger partial charge in [-0.3, -0.25) is 9.32 Å². The van der Waals surface area contributed by atoms with Crippen molar-refractivity contribution in [3.63, 3.8) is 0 Å². The smallest absolute Gasteiger partial charge is 0.330 e. The van der Waals surface area contributed by atoms with E-state index in [1.165, 1.54) is 12.8 Å². The van der Waals surface area contributed by atoms with Crippen LogP contribution in [0.3, 0.4) is 0 Å². The van der Waals surface area contributed by atoms with Crippen LogP contribution in [0.25, 0.3) is 0 Å². The average molecular weight is 441 g/mol. The standard InChI is InChI=1S/C20H42NO7P/c1-5-6-11-14-26-15-12-9-7-8-10-13-16-27-29(25)28-18(17-19(22)23)20(24)21(2,3)4/h18,20,24-25H,5-17H2,1-4H3/p+1. The number of likely N-dealkylation sites (N-methyl/N-ethyl adjacent to an activating group) is 1. The van der Waals surface area contributed by atoms with Gasteiger partial charge in [0.25, 0.3) is 0 Å². The molecule has 0 aromatic heterocycles. The molecule has 9 heteroatoms. The highest BCUT2D eigenvalue weighted by molar-refractivity contribution is 7.40. The van der Waals surface area contributed by atoms with Crippen LogP contribution in [0.5, 0.6) is 0 Å². The molecule has 0 aliphatic rings. The molecule has 3 N–H and O–H groups in total. The molecule has 0 saturated carbocycles. The van der Waals surface area contributed by atoms with E-state index in [-0.39, 0.29) is 4.48 Å². The van der Waals surface area contributed by atoms with Gasteiger partial charge in [0.05, 0.1) is 34.2 Å². The number of hydrogen-bond donors (Lipinski definition) is 3. The zero-order valence-corrected chi connectivity index (χ0v) is 19.6. The van der Waals surface area contributed by atoms with E-state index in [0.717, 1.165) is 58.2 Å². The minimum atomic E-state index is -2.22. The molecular weight excluding hydrogens is 397 g/mol.